The van der Waals surface area contributed by atoms with Gasteiger partial charge in [-0.15, -0.1) is 0 Å². The van der Waals surface area contributed by atoms with E-state index in [0.29, 0.717) is 18.8 Å². The summed E-state index contributed by atoms with van der Waals surface area (Å²) in [6.07, 6.45) is -0.109. The number of carbonyl (C=O) groups excluding carboxylic acids is 1. The smallest absolute Gasteiger partial charge is 0.255 e. The summed E-state index contributed by atoms with van der Waals surface area (Å²) >= 11 is 0. The molecular weight excluding hydrogens is 340 g/mol. The molecule has 1 unspecified atom stereocenters. The first kappa shape index (κ1) is 19.4. The van der Waals surface area contributed by atoms with E-state index in [1.165, 1.54) is 5.56 Å². The summed E-state index contributed by atoms with van der Waals surface area (Å²) in [4.78, 5) is 16.6. The van der Waals surface area contributed by atoms with Crippen molar-refractivity contribution in [2.45, 2.75) is 19.4 Å². The van der Waals surface area contributed by atoms with Crippen LogP contribution in [0, 0.1) is 6.92 Å². The molecule has 1 N–H and O–H groups in total. The summed E-state index contributed by atoms with van der Waals surface area (Å²) in [5, 5.41) is 10.2. The quantitative estimate of drug-likeness (QED) is 0.813. The first-order valence-corrected chi connectivity index (χ1v) is 9.55. The zero-order chi connectivity index (χ0) is 19.1. The molecule has 0 bridgehead atoms. The lowest BCUT2D eigenvalue weighted by Gasteiger charge is -2.35. The molecule has 0 aromatic heterocycles. The van der Waals surface area contributed by atoms with Crippen LogP contribution in [0.4, 0.5) is 0 Å². The number of piperazine rings is 1. The minimum atomic E-state index is -1.12. The molecule has 2 aromatic rings. The standard InChI is InChI=1S/C22H28N2O3/c1-18-7-5-6-10-21(18)27-17-20(25)22(26)24-15-13-23(14-16-24)12-11-19-8-3-2-4-9-19/h2-10,20,25H,11-17H2,1H3. The number of para-hydroxylation sites is 1. The van der Waals surface area contributed by atoms with Gasteiger partial charge in [0.25, 0.3) is 5.91 Å². The Morgan fingerprint density at radius 2 is 1.70 bits per heavy atom. The highest BCUT2D eigenvalue weighted by Crippen LogP contribution is 2.16. The zero-order valence-electron chi connectivity index (χ0n) is 15.9. The number of hydrogen-bond acceptors (Lipinski definition) is 4. The monoisotopic (exact) mass is 368 g/mol. The number of rotatable bonds is 7. The van der Waals surface area contributed by atoms with E-state index in [2.05, 4.69) is 29.2 Å². The zero-order valence-corrected chi connectivity index (χ0v) is 15.9. The summed E-state index contributed by atoms with van der Waals surface area (Å²) in [5.41, 5.74) is 2.32. The predicted octanol–water partition coefficient (Wildman–Crippen LogP) is 2.12. The summed E-state index contributed by atoms with van der Waals surface area (Å²) in [6, 6.07) is 18.0. The highest BCUT2D eigenvalue weighted by atomic mass is 16.5. The molecule has 1 saturated heterocycles. The largest absolute Gasteiger partial charge is 0.490 e. The third kappa shape index (κ3) is 5.55. The molecule has 0 radical (unpaired) electrons. The molecule has 3 rings (SSSR count). The number of carbonyl (C=O) groups is 1. The van der Waals surface area contributed by atoms with Gasteiger partial charge in [0.1, 0.15) is 12.4 Å². The van der Waals surface area contributed by atoms with Crippen molar-refractivity contribution in [3.8, 4) is 5.75 Å². The SMILES string of the molecule is Cc1ccccc1OCC(O)C(=O)N1CCN(CCc2ccccc2)CC1. The van der Waals surface area contributed by atoms with Gasteiger partial charge in [-0.05, 0) is 30.5 Å². The van der Waals surface area contributed by atoms with Crippen molar-refractivity contribution in [1.82, 2.24) is 9.80 Å². The number of aliphatic hydroxyl groups is 1. The minimum Gasteiger partial charge on any atom is -0.490 e. The summed E-state index contributed by atoms with van der Waals surface area (Å²) in [5.74, 6) is 0.460. The van der Waals surface area contributed by atoms with Crippen LogP contribution >= 0.6 is 0 Å². The van der Waals surface area contributed by atoms with Crippen molar-refractivity contribution < 1.29 is 14.6 Å². The van der Waals surface area contributed by atoms with Crippen LogP contribution in [0.3, 0.4) is 0 Å². The van der Waals surface area contributed by atoms with Crippen molar-refractivity contribution in [3.63, 3.8) is 0 Å². The molecule has 1 heterocycles. The molecule has 2 aromatic carbocycles. The fraction of sp³-hybridized carbons (Fsp3) is 0.409. The molecule has 1 amide bonds. The van der Waals surface area contributed by atoms with E-state index < -0.39 is 6.10 Å². The average molecular weight is 368 g/mol. The third-order valence-corrected chi connectivity index (χ3v) is 5.02. The molecule has 27 heavy (non-hydrogen) atoms. The van der Waals surface area contributed by atoms with E-state index in [0.717, 1.165) is 31.6 Å². The van der Waals surface area contributed by atoms with Crippen LogP contribution in [0.15, 0.2) is 54.6 Å². The van der Waals surface area contributed by atoms with E-state index in [-0.39, 0.29) is 12.5 Å². The van der Waals surface area contributed by atoms with Crippen LogP contribution in [0.25, 0.3) is 0 Å². The van der Waals surface area contributed by atoms with Gasteiger partial charge in [-0.3, -0.25) is 9.69 Å². The Kier molecular flexibility index (Phi) is 6.85. The molecule has 1 atom stereocenters. The van der Waals surface area contributed by atoms with Gasteiger partial charge in [0.15, 0.2) is 6.10 Å². The maximum atomic E-state index is 12.5. The Bertz CT molecular complexity index is 727. The van der Waals surface area contributed by atoms with Gasteiger partial charge in [0, 0.05) is 32.7 Å². The van der Waals surface area contributed by atoms with Crippen LogP contribution in [0.2, 0.25) is 0 Å². The van der Waals surface area contributed by atoms with Crippen LogP contribution in [-0.4, -0.2) is 66.2 Å². The molecule has 1 aliphatic heterocycles. The van der Waals surface area contributed by atoms with Gasteiger partial charge in [-0.2, -0.15) is 0 Å². The summed E-state index contributed by atoms with van der Waals surface area (Å²) < 4.78 is 5.61. The van der Waals surface area contributed by atoms with Crippen molar-refractivity contribution in [2.24, 2.45) is 0 Å². The van der Waals surface area contributed by atoms with Gasteiger partial charge in [0.05, 0.1) is 0 Å². The Balaban J connectivity index is 1.40. The van der Waals surface area contributed by atoms with Gasteiger partial charge >= 0.3 is 0 Å². The highest BCUT2D eigenvalue weighted by molar-refractivity contribution is 5.81. The summed E-state index contributed by atoms with van der Waals surface area (Å²) in [7, 11) is 0. The number of aliphatic hydroxyl groups excluding tert-OH is 1. The molecular formula is C22H28N2O3. The van der Waals surface area contributed by atoms with Crippen molar-refractivity contribution in [3.05, 3.63) is 65.7 Å². The van der Waals surface area contributed by atoms with Crippen molar-refractivity contribution in [1.29, 1.82) is 0 Å². The molecule has 1 aliphatic rings. The molecule has 0 spiro atoms. The van der Waals surface area contributed by atoms with Crippen molar-refractivity contribution >= 4 is 5.91 Å². The van der Waals surface area contributed by atoms with E-state index in [9.17, 15) is 9.90 Å². The number of amides is 1. The number of hydrogen-bond donors (Lipinski definition) is 1. The molecule has 0 saturated carbocycles. The fourth-order valence-corrected chi connectivity index (χ4v) is 3.29. The lowest BCUT2D eigenvalue weighted by Crippen LogP contribution is -2.52. The van der Waals surface area contributed by atoms with Crippen molar-refractivity contribution in [2.75, 3.05) is 39.3 Å². The maximum absolute atomic E-state index is 12.5. The van der Waals surface area contributed by atoms with Crippen LogP contribution < -0.4 is 4.74 Å². The molecule has 5 heteroatoms. The first-order valence-electron chi connectivity index (χ1n) is 9.55. The second kappa shape index (κ2) is 9.53. The van der Waals surface area contributed by atoms with E-state index >= 15 is 0 Å². The van der Waals surface area contributed by atoms with Crippen LogP contribution in [0.5, 0.6) is 5.75 Å². The number of ether oxygens (including phenoxy) is 1. The normalized spacial score (nSPS) is 16.1. The molecule has 5 nitrogen and oxygen atoms in total. The molecule has 144 valence electrons. The fourth-order valence-electron chi connectivity index (χ4n) is 3.29. The Morgan fingerprint density at radius 1 is 1.04 bits per heavy atom. The van der Waals surface area contributed by atoms with E-state index in [4.69, 9.17) is 4.74 Å². The van der Waals surface area contributed by atoms with E-state index in [1.54, 1.807) is 4.90 Å². The summed E-state index contributed by atoms with van der Waals surface area (Å²) in [6.45, 7) is 5.89. The lowest BCUT2D eigenvalue weighted by molar-refractivity contribution is -0.143. The lowest BCUT2D eigenvalue weighted by atomic mass is 10.1. The first-order chi connectivity index (χ1) is 13.1. The predicted molar refractivity (Wildman–Crippen MR) is 106 cm³/mol. The van der Waals surface area contributed by atoms with Gasteiger partial charge in [0.2, 0.25) is 0 Å². The van der Waals surface area contributed by atoms with Gasteiger partial charge in [-0.25, -0.2) is 0 Å². The Labute approximate surface area is 161 Å². The number of benzene rings is 2. The Hall–Kier alpha value is -2.37. The third-order valence-electron chi connectivity index (χ3n) is 5.02. The Morgan fingerprint density at radius 3 is 2.41 bits per heavy atom. The topological polar surface area (TPSA) is 53.0 Å². The second-order valence-electron chi connectivity index (χ2n) is 6.99. The van der Waals surface area contributed by atoms with Gasteiger partial charge < -0.3 is 14.7 Å². The second-order valence-corrected chi connectivity index (χ2v) is 6.99. The average Bonchev–Trinajstić information content (AvgIpc) is 2.72. The minimum absolute atomic E-state index is 0.0160. The highest BCUT2D eigenvalue weighted by Gasteiger charge is 2.26. The number of nitrogens with zero attached hydrogens (tertiary/aromatic N) is 2. The molecule has 0 aliphatic carbocycles. The molecule has 1 fully saturated rings. The maximum Gasteiger partial charge on any atom is 0.255 e. The van der Waals surface area contributed by atoms with Crippen LogP contribution in [-0.2, 0) is 11.2 Å². The van der Waals surface area contributed by atoms with Crippen LogP contribution in [0.1, 0.15) is 11.1 Å². The van der Waals surface area contributed by atoms with Gasteiger partial charge in [-0.1, -0.05) is 48.5 Å². The van der Waals surface area contributed by atoms with E-state index in [1.807, 2.05) is 37.3 Å². The number of aryl methyl sites for hydroxylation is 1.